The zero-order chi connectivity index (χ0) is 38.8. The smallest absolute Gasteiger partial charge is 0.208 e. The maximum Gasteiger partial charge on any atom is 0.380 e. The van der Waals surface area contributed by atoms with Crippen molar-refractivity contribution in [3.63, 3.8) is 0 Å². The number of fused-ring (bicyclic) bond motifs is 6. The topological polar surface area (TPSA) is 3.88 Å². The molecule has 0 unspecified atom stereocenters. The highest BCUT2D eigenvalue weighted by Gasteiger charge is 2.84. The lowest BCUT2D eigenvalue weighted by atomic mass is 9.66. The first-order chi connectivity index (χ1) is 26.3. The largest absolute Gasteiger partial charge is 0.380 e. The van der Waals surface area contributed by atoms with Gasteiger partial charge in [-0.15, -0.1) is 23.5 Å². The summed E-state index contributed by atoms with van der Waals surface area (Å²) in [7, 11) is 1.87. The summed E-state index contributed by atoms with van der Waals surface area (Å²) in [6, 6.07) is 22.0. The first-order valence-electron chi connectivity index (χ1n) is 19.6. The van der Waals surface area contributed by atoms with Gasteiger partial charge in [0.25, 0.3) is 0 Å². The molecular formula is C46H46F6NS2+. The Morgan fingerprint density at radius 1 is 0.600 bits per heavy atom. The van der Waals surface area contributed by atoms with E-state index in [4.69, 9.17) is 0 Å². The van der Waals surface area contributed by atoms with E-state index in [2.05, 4.69) is 32.0 Å². The Morgan fingerprint density at radius 2 is 1.11 bits per heavy atom. The Balaban J connectivity index is 1.39. The molecule has 4 aromatic rings. The Morgan fingerprint density at radius 3 is 1.65 bits per heavy atom. The van der Waals surface area contributed by atoms with E-state index in [-0.39, 0.29) is 11.1 Å². The lowest BCUT2D eigenvalue weighted by molar-refractivity contribution is -0.671. The van der Waals surface area contributed by atoms with Gasteiger partial charge < -0.3 is 0 Å². The second-order valence-corrected chi connectivity index (χ2v) is 18.4. The van der Waals surface area contributed by atoms with E-state index in [1.165, 1.54) is 23.5 Å². The Kier molecular flexibility index (Phi) is 9.92. The zero-order valence-electron chi connectivity index (χ0n) is 31.5. The third-order valence-electron chi connectivity index (χ3n) is 12.2. The number of hydrogen-bond donors (Lipinski definition) is 0. The van der Waals surface area contributed by atoms with E-state index >= 15 is 26.3 Å². The molecule has 0 saturated heterocycles. The molecule has 55 heavy (non-hydrogen) atoms. The summed E-state index contributed by atoms with van der Waals surface area (Å²) in [5, 5.41) is 4.10. The number of thioether (sulfide) groups is 2. The highest BCUT2D eigenvalue weighted by Crippen LogP contribution is 2.76. The van der Waals surface area contributed by atoms with Crippen molar-refractivity contribution in [2.75, 3.05) is 0 Å². The van der Waals surface area contributed by atoms with Crippen LogP contribution in [-0.4, -0.2) is 27.3 Å². The molecule has 1 fully saturated rings. The van der Waals surface area contributed by atoms with Crippen molar-refractivity contribution in [3.8, 4) is 0 Å². The second kappa shape index (κ2) is 14.2. The van der Waals surface area contributed by atoms with Crippen LogP contribution in [0.5, 0.6) is 0 Å². The summed E-state index contributed by atoms with van der Waals surface area (Å²) in [4.78, 5) is 1.39. The third-order valence-corrected chi connectivity index (χ3v) is 15.6. The van der Waals surface area contributed by atoms with E-state index in [1.54, 1.807) is 12.2 Å². The van der Waals surface area contributed by atoms with Crippen LogP contribution in [-0.2, 0) is 13.5 Å². The normalized spacial score (nSPS) is 24.7. The third kappa shape index (κ3) is 5.79. The molecule has 0 amide bonds. The van der Waals surface area contributed by atoms with Crippen LogP contribution in [0.1, 0.15) is 89.2 Å². The number of allylic oxidation sites excluding steroid dienone is 5. The van der Waals surface area contributed by atoms with Crippen LogP contribution in [0.3, 0.4) is 0 Å². The van der Waals surface area contributed by atoms with Gasteiger partial charge in [0.15, 0.2) is 12.4 Å². The molecule has 0 spiro atoms. The molecule has 3 aromatic carbocycles. The maximum atomic E-state index is 16.6. The summed E-state index contributed by atoms with van der Waals surface area (Å²) in [6.07, 6.45) is 14.8. The van der Waals surface area contributed by atoms with Gasteiger partial charge in [0.2, 0.25) is 0 Å². The fourth-order valence-electron chi connectivity index (χ4n) is 9.43. The van der Waals surface area contributed by atoms with Crippen molar-refractivity contribution in [1.82, 2.24) is 0 Å². The van der Waals surface area contributed by atoms with Gasteiger partial charge in [-0.25, -0.2) is 4.57 Å². The number of benzene rings is 3. The number of aromatic nitrogens is 1. The fraction of sp³-hybridized carbons (Fsp3) is 0.413. The minimum atomic E-state index is -5.59. The minimum absolute atomic E-state index is 0.0220. The van der Waals surface area contributed by atoms with E-state index in [0.29, 0.717) is 37.0 Å². The Bertz CT molecular complexity index is 2230. The van der Waals surface area contributed by atoms with Crippen LogP contribution in [0.2, 0.25) is 0 Å². The molecule has 2 atom stereocenters. The first kappa shape index (κ1) is 38.4. The van der Waals surface area contributed by atoms with Crippen molar-refractivity contribution < 1.29 is 30.9 Å². The first-order valence-corrected chi connectivity index (χ1v) is 21.3. The minimum Gasteiger partial charge on any atom is -0.208 e. The van der Waals surface area contributed by atoms with Gasteiger partial charge in [0, 0.05) is 34.6 Å². The van der Waals surface area contributed by atoms with E-state index in [1.807, 2.05) is 72.5 Å². The molecule has 1 saturated carbocycles. The molecule has 0 bridgehead atoms. The van der Waals surface area contributed by atoms with E-state index in [0.717, 1.165) is 76.1 Å². The summed E-state index contributed by atoms with van der Waals surface area (Å²) in [5.41, 5.74) is -0.611. The van der Waals surface area contributed by atoms with Gasteiger partial charge in [-0.2, -0.15) is 26.3 Å². The van der Waals surface area contributed by atoms with Crippen LogP contribution in [0.25, 0.3) is 26.5 Å². The predicted octanol–water partition coefficient (Wildman–Crippen LogP) is 13.7. The van der Waals surface area contributed by atoms with Crippen LogP contribution >= 0.6 is 23.5 Å². The van der Waals surface area contributed by atoms with E-state index < -0.39 is 38.4 Å². The van der Waals surface area contributed by atoms with Crippen LogP contribution in [0, 0.1) is 0 Å². The van der Waals surface area contributed by atoms with Crippen molar-refractivity contribution in [3.05, 3.63) is 130 Å². The van der Waals surface area contributed by atoms with Gasteiger partial charge in [-0.3, -0.25) is 0 Å². The fourth-order valence-corrected chi connectivity index (χ4v) is 13.1. The molecular weight excluding hydrogens is 745 g/mol. The summed E-state index contributed by atoms with van der Waals surface area (Å²) < 4.78 is 97.5. The molecule has 1 nitrogen and oxygen atoms in total. The molecule has 288 valence electrons. The summed E-state index contributed by atoms with van der Waals surface area (Å²) in [5.74, 6) is -15.7. The van der Waals surface area contributed by atoms with Crippen LogP contribution in [0.15, 0.2) is 118 Å². The Hall–Kier alpha value is -3.43. The van der Waals surface area contributed by atoms with E-state index in [9.17, 15) is 0 Å². The number of alkyl halides is 6. The SMILES string of the molecule is CCCCCC[C@@]12SC(Cc3c4ccccc4cc4ccccc34)=CC1=C1C(=C3C=C(c4cc[n+](C)cc4)S[C@]32CCCCCC)C(F)(F)C(F)(F)C1(F)F. The van der Waals surface area contributed by atoms with Gasteiger partial charge in [-0.05, 0) is 79.8 Å². The molecule has 2 aliphatic heterocycles. The number of rotatable bonds is 13. The summed E-state index contributed by atoms with van der Waals surface area (Å²) in [6.45, 7) is 4.19. The van der Waals surface area contributed by atoms with Crippen LogP contribution in [0.4, 0.5) is 26.3 Å². The molecule has 3 heterocycles. The highest BCUT2D eigenvalue weighted by atomic mass is 32.2. The lowest BCUT2D eigenvalue weighted by Crippen LogP contribution is -2.53. The number of unbranched alkanes of at least 4 members (excludes halogenated alkanes) is 6. The lowest BCUT2D eigenvalue weighted by Gasteiger charge is -2.52. The van der Waals surface area contributed by atoms with Gasteiger partial charge >= 0.3 is 17.8 Å². The van der Waals surface area contributed by atoms with Crippen molar-refractivity contribution >= 4 is 50.0 Å². The number of nitrogens with zero attached hydrogens (tertiary/aromatic N) is 1. The molecule has 0 N–H and O–H groups in total. The monoisotopic (exact) mass is 790 g/mol. The standard InChI is InChI=1S/C46H46F6NS2/c1-4-6-8-14-22-42-37(28-33(54-42)27-36-34-18-12-10-16-31(34)26-32-17-11-13-19-35(32)36)40-41(45(49,50)46(51,52)44(40,47)48)38-29-39(30-20-24-53(3)25-21-30)55-43(38,42)23-15-9-7-5-2/h10-13,16-21,24-26,28-29H,4-9,14-15,22-23,27H2,1-3H3/q+1/t42-,43-/m1/s1. The second-order valence-electron chi connectivity index (χ2n) is 15.6. The number of pyridine rings is 1. The van der Waals surface area contributed by atoms with Gasteiger partial charge in [-0.1, -0.05) is 114 Å². The van der Waals surface area contributed by atoms with Crippen molar-refractivity contribution in [1.29, 1.82) is 0 Å². The van der Waals surface area contributed by atoms with Crippen LogP contribution < -0.4 is 4.57 Å². The Labute approximate surface area is 328 Å². The molecule has 0 radical (unpaired) electrons. The highest BCUT2D eigenvalue weighted by molar-refractivity contribution is 8.12. The maximum absolute atomic E-state index is 16.6. The molecule has 4 aliphatic rings. The quantitative estimate of drug-likeness (QED) is 0.0575. The molecule has 9 heteroatoms. The van der Waals surface area contributed by atoms with Crippen molar-refractivity contribution in [2.45, 2.75) is 112 Å². The molecule has 8 rings (SSSR count). The molecule has 2 aliphatic carbocycles. The number of hydrogen-bond acceptors (Lipinski definition) is 2. The van der Waals surface area contributed by atoms with Crippen molar-refractivity contribution in [2.24, 2.45) is 7.05 Å². The predicted molar refractivity (Wildman–Crippen MR) is 216 cm³/mol. The number of halogens is 6. The average molecular weight is 791 g/mol. The average Bonchev–Trinajstić information content (AvgIpc) is 3.77. The van der Waals surface area contributed by atoms with Gasteiger partial charge in [0.05, 0.1) is 9.49 Å². The zero-order valence-corrected chi connectivity index (χ0v) is 33.1. The number of aryl methyl sites for hydroxylation is 1. The summed E-state index contributed by atoms with van der Waals surface area (Å²) >= 11 is 2.93. The molecule has 1 aromatic heterocycles. The van der Waals surface area contributed by atoms with Gasteiger partial charge in [0.1, 0.15) is 7.05 Å².